The van der Waals surface area contributed by atoms with Crippen LogP contribution in [0.5, 0.6) is 5.75 Å². The topological polar surface area (TPSA) is 34.1 Å². The van der Waals surface area contributed by atoms with Gasteiger partial charge >= 0.3 is 0 Å². The summed E-state index contributed by atoms with van der Waals surface area (Å²) in [6.45, 7) is 2.87. The van der Waals surface area contributed by atoms with Gasteiger partial charge in [-0.15, -0.1) is 11.8 Å². The second-order valence-corrected chi connectivity index (χ2v) is 6.29. The molecule has 0 spiro atoms. The van der Waals surface area contributed by atoms with Crippen molar-refractivity contribution in [2.45, 2.75) is 18.4 Å². The highest BCUT2D eigenvalue weighted by Crippen LogP contribution is 2.25. The van der Waals surface area contributed by atoms with Crippen LogP contribution in [-0.4, -0.2) is 18.3 Å². The average Bonchev–Trinajstić information content (AvgIpc) is 2.60. The third-order valence-corrected chi connectivity index (χ3v) is 4.58. The zero-order valence-corrected chi connectivity index (χ0v) is 14.4. The molecule has 0 bridgehead atoms. The molecule has 0 aliphatic carbocycles. The van der Waals surface area contributed by atoms with Crippen molar-refractivity contribution in [3.05, 3.63) is 59.7 Å². The largest absolute Gasteiger partial charge is 0.497 e. The zero-order chi connectivity index (χ0) is 16.2. The third-order valence-electron chi connectivity index (χ3n) is 3.86. The molecule has 1 N–H and O–H groups in total. The number of aromatic nitrogens is 1. The number of anilines is 1. The summed E-state index contributed by atoms with van der Waals surface area (Å²) in [5, 5.41) is 4.62. The standard InChI is InChI=1S/C19H20N2OS/c1-13-10-19(20-12-14-4-6-15(22-2)7-5-14)21-18-9-8-16(23-3)11-17(13)18/h4-11H,12H2,1-3H3,(H,20,21). The highest BCUT2D eigenvalue weighted by molar-refractivity contribution is 7.98. The number of nitrogens with zero attached hydrogens (tertiary/aromatic N) is 1. The SMILES string of the molecule is COc1ccc(CNc2cc(C)c3cc(SC)ccc3n2)cc1. The Bertz CT molecular complexity index is 815. The molecule has 1 heterocycles. The molecule has 2 aromatic carbocycles. The first kappa shape index (κ1) is 15.7. The first-order valence-electron chi connectivity index (χ1n) is 7.52. The van der Waals surface area contributed by atoms with Crippen molar-refractivity contribution in [1.29, 1.82) is 0 Å². The molecule has 0 aliphatic heterocycles. The minimum Gasteiger partial charge on any atom is -0.497 e. The lowest BCUT2D eigenvalue weighted by atomic mass is 10.1. The van der Waals surface area contributed by atoms with Gasteiger partial charge < -0.3 is 10.1 Å². The molecule has 0 saturated heterocycles. The number of pyridine rings is 1. The number of fused-ring (bicyclic) bond motifs is 1. The maximum absolute atomic E-state index is 5.18. The average molecular weight is 324 g/mol. The Labute approximate surface area is 141 Å². The van der Waals surface area contributed by atoms with Gasteiger partial charge in [-0.3, -0.25) is 0 Å². The Balaban J connectivity index is 1.79. The van der Waals surface area contributed by atoms with Crippen molar-refractivity contribution >= 4 is 28.5 Å². The molecule has 0 aliphatic rings. The number of hydrogen-bond acceptors (Lipinski definition) is 4. The summed E-state index contributed by atoms with van der Waals surface area (Å²) < 4.78 is 5.18. The van der Waals surface area contributed by atoms with E-state index in [0.717, 1.165) is 23.6 Å². The van der Waals surface area contributed by atoms with Crippen LogP contribution in [0.2, 0.25) is 0 Å². The maximum atomic E-state index is 5.18. The van der Waals surface area contributed by atoms with E-state index in [0.29, 0.717) is 0 Å². The number of aryl methyl sites for hydroxylation is 1. The number of hydrogen-bond donors (Lipinski definition) is 1. The van der Waals surface area contributed by atoms with E-state index in [9.17, 15) is 0 Å². The van der Waals surface area contributed by atoms with E-state index in [-0.39, 0.29) is 0 Å². The fourth-order valence-corrected chi connectivity index (χ4v) is 2.97. The van der Waals surface area contributed by atoms with Gasteiger partial charge in [0, 0.05) is 16.8 Å². The van der Waals surface area contributed by atoms with Gasteiger partial charge in [-0.2, -0.15) is 0 Å². The van der Waals surface area contributed by atoms with Crippen LogP contribution < -0.4 is 10.1 Å². The number of nitrogens with one attached hydrogen (secondary N) is 1. The quantitative estimate of drug-likeness (QED) is 0.678. The first-order chi connectivity index (χ1) is 11.2. The summed E-state index contributed by atoms with van der Waals surface area (Å²) in [5.41, 5.74) is 3.46. The molecule has 4 heteroatoms. The summed E-state index contributed by atoms with van der Waals surface area (Å²) in [7, 11) is 1.68. The Morgan fingerprint density at radius 1 is 1.09 bits per heavy atom. The van der Waals surface area contributed by atoms with E-state index in [4.69, 9.17) is 9.72 Å². The highest BCUT2D eigenvalue weighted by atomic mass is 32.2. The lowest BCUT2D eigenvalue weighted by Gasteiger charge is -2.10. The predicted octanol–water partition coefficient (Wildman–Crippen LogP) is 4.89. The summed E-state index contributed by atoms with van der Waals surface area (Å²) in [6, 6.07) is 16.6. The summed E-state index contributed by atoms with van der Waals surface area (Å²) in [5.74, 6) is 1.78. The molecule has 0 fully saturated rings. The van der Waals surface area contributed by atoms with Crippen molar-refractivity contribution in [3.63, 3.8) is 0 Å². The highest BCUT2D eigenvalue weighted by Gasteiger charge is 2.04. The van der Waals surface area contributed by atoms with E-state index in [2.05, 4.69) is 54.9 Å². The van der Waals surface area contributed by atoms with E-state index in [1.54, 1.807) is 18.9 Å². The zero-order valence-electron chi connectivity index (χ0n) is 13.6. The van der Waals surface area contributed by atoms with Crippen LogP contribution in [-0.2, 0) is 6.54 Å². The molecule has 1 aromatic heterocycles. The van der Waals surface area contributed by atoms with Gasteiger partial charge in [-0.1, -0.05) is 12.1 Å². The molecule has 3 nitrogen and oxygen atoms in total. The molecule has 0 saturated carbocycles. The number of thioether (sulfide) groups is 1. The minimum atomic E-state index is 0.741. The van der Waals surface area contributed by atoms with Crippen LogP contribution in [0.3, 0.4) is 0 Å². The minimum absolute atomic E-state index is 0.741. The fraction of sp³-hybridized carbons (Fsp3) is 0.211. The number of benzene rings is 2. The van der Waals surface area contributed by atoms with Gasteiger partial charge in [0.25, 0.3) is 0 Å². The van der Waals surface area contributed by atoms with Crippen LogP contribution in [0.1, 0.15) is 11.1 Å². The molecule has 3 aromatic rings. The van der Waals surface area contributed by atoms with Crippen LogP contribution >= 0.6 is 11.8 Å². The van der Waals surface area contributed by atoms with Gasteiger partial charge in [0.15, 0.2) is 0 Å². The van der Waals surface area contributed by atoms with Gasteiger partial charge in [-0.05, 0) is 60.7 Å². The normalized spacial score (nSPS) is 10.7. The molecule has 118 valence electrons. The van der Waals surface area contributed by atoms with Crippen molar-refractivity contribution in [3.8, 4) is 5.75 Å². The summed E-state index contributed by atoms with van der Waals surface area (Å²) in [4.78, 5) is 5.98. The van der Waals surface area contributed by atoms with Crippen molar-refractivity contribution < 1.29 is 4.74 Å². The van der Waals surface area contributed by atoms with E-state index in [1.807, 2.05) is 12.1 Å². The molecular weight excluding hydrogens is 304 g/mol. The molecule has 3 rings (SSSR count). The van der Waals surface area contributed by atoms with E-state index in [1.165, 1.54) is 21.4 Å². The van der Waals surface area contributed by atoms with Gasteiger partial charge in [-0.25, -0.2) is 4.98 Å². The number of methoxy groups -OCH3 is 1. The van der Waals surface area contributed by atoms with Crippen molar-refractivity contribution in [2.24, 2.45) is 0 Å². The van der Waals surface area contributed by atoms with Crippen molar-refractivity contribution in [1.82, 2.24) is 4.98 Å². The molecular formula is C19H20N2OS. The second kappa shape index (κ2) is 6.92. The Kier molecular flexibility index (Phi) is 4.72. The number of ether oxygens (including phenoxy) is 1. The molecule has 0 unspecified atom stereocenters. The van der Waals surface area contributed by atoms with Crippen molar-refractivity contribution in [2.75, 3.05) is 18.7 Å². The second-order valence-electron chi connectivity index (χ2n) is 5.41. The lowest BCUT2D eigenvalue weighted by molar-refractivity contribution is 0.414. The van der Waals surface area contributed by atoms with Gasteiger partial charge in [0.1, 0.15) is 11.6 Å². The van der Waals surface area contributed by atoms with Crippen LogP contribution in [0, 0.1) is 6.92 Å². The van der Waals surface area contributed by atoms with Crippen LogP contribution in [0.4, 0.5) is 5.82 Å². The monoisotopic (exact) mass is 324 g/mol. The summed E-state index contributed by atoms with van der Waals surface area (Å²) >= 11 is 1.75. The Morgan fingerprint density at radius 3 is 2.57 bits per heavy atom. The summed E-state index contributed by atoms with van der Waals surface area (Å²) in [6.07, 6.45) is 2.09. The first-order valence-corrected chi connectivity index (χ1v) is 8.74. The number of rotatable bonds is 5. The third kappa shape index (κ3) is 3.59. The van der Waals surface area contributed by atoms with Crippen LogP contribution in [0.25, 0.3) is 10.9 Å². The fourth-order valence-electron chi connectivity index (χ4n) is 2.53. The Hall–Kier alpha value is -2.20. The van der Waals surface area contributed by atoms with E-state index >= 15 is 0 Å². The van der Waals surface area contributed by atoms with Gasteiger partial charge in [0.05, 0.1) is 12.6 Å². The van der Waals surface area contributed by atoms with Gasteiger partial charge in [0.2, 0.25) is 0 Å². The maximum Gasteiger partial charge on any atom is 0.127 e. The molecule has 0 radical (unpaired) electrons. The Morgan fingerprint density at radius 2 is 1.87 bits per heavy atom. The molecule has 0 amide bonds. The predicted molar refractivity (Wildman–Crippen MR) is 98.6 cm³/mol. The molecule has 23 heavy (non-hydrogen) atoms. The van der Waals surface area contributed by atoms with Crippen LogP contribution in [0.15, 0.2) is 53.4 Å². The van der Waals surface area contributed by atoms with E-state index < -0.39 is 0 Å². The lowest BCUT2D eigenvalue weighted by Crippen LogP contribution is -2.02. The smallest absolute Gasteiger partial charge is 0.127 e. The molecule has 0 atom stereocenters.